The van der Waals surface area contributed by atoms with Crippen molar-refractivity contribution in [3.05, 3.63) is 46.0 Å². The number of nitrogens with zero attached hydrogens (tertiary/aromatic N) is 2. The van der Waals surface area contributed by atoms with Crippen LogP contribution in [0.2, 0.25) is 0 Å². The molecule has 2 aromatic heterocycles. The molecule has 2 heteroatoms. The van der Waals surface area contributed by atoms with Gasteiger partial charge in [0.25, 0.3) is 0 Å². The van der Waals surface area contributed by atoms with Crippen LogP contribution in [-0.4, -0.2) is 9.97 Å². The van der Waals surface area contributed by atoms with E-state index in [2.05, 4.69) is 49.8 Å². The van der Waals surface area contributed by atoms with Crippen LogP contribution in [0.3, 0.4) is 0 Å². The zero-order chi connectivity index (χ0) is 13.4. The van der Waals surface area contributed by atoms with Gasteiger partial charge in [-0.2, -0.15) is 0 Å². The molecule has 2 aromatic rings. The van der Waals surface area contributed by atoms with E-state index < -0.39 is 0 Å². The lowest BCUT2D eigenvalue weighted by atomic mass is 9.94. The van der Waals surface area contributed by atoms with Crippen LogP contribution in [0.4, 0.5) is 0 Å². The summed E-state index contributed by atoms with van der Waals surface area (Å²) in [4.78, 5) is 9.18. The maximum atomic E-state index is 4.59. The summed E-state index contributed by atoms with van der Waals surface area (Å²) in [5.41, 5.74) is 9.35. The normalized spacial score (nSPS) is 10.8. The molecule has 2 heterocycles. The van der Waals surface area contributed by atoms with Crippen LogP contribution in [0.25, 0.3) is 11.1 Å². The first kappa shape index (κ1) is 12.7. The molecule has 0 saturated heterocycles. The number of hydrogen-bond donors (Lipinski definition) is 0. The summed E-state index contributed by atoms with van der Waals surface area (Å²) >= 11 is 0. The summed E-state index contributed by atoms with van der Waals surface area (Å²) in [7, 11) is 0. The summed E-state index contributed by atoms with van der Waals surface area (Å²) in [6.07, 6.45) is 0. The van der Waals surface area contributed by atoms with Crippen molar-refractivity contribution in [2.75, 3.05) is 0 Å². The van der Waals surface area contributed by atoms with Gasteiger partial charge in [-0.3, -0.25) is 9.97 Å². The third kappa shape index (κ3) is 2.15. The van der Waals surface area contributed by atoms with E-state index in [1.165, 1.54) is 22.3 Å². The monoisotopic (exact) mass is 240 g/mol. The highest BCUT2D eigenvalue weighted by Gasteiger charge is 2.14. The first-order chi connectivity index (χ1) is 8.40. The van der Waals surface area contributed by atoms with Gasteiger partial charge in [0, 0.05) is 33.9 Å². The van der Waals surface area contributed by atoms with Crippen molar-refractivity contribution >= 4 is 0 Å². The highest BCUT2D eigenvalue weighted by molar-refractivity contribution is 5.74. The van der Waals surface area contributed by atoms with Gasteiger partial charge in [0.05, 0.1) is 0 Å². The Morgan fingerprint density at radius 1 is 0.611 bits per heavy atom. The highest BCUT2D eigenvalue weighted by Crippen LogP contribution is 2.31. The molecule has 0 spiro atoms. The average Bonchev–Trinajstić information content (AvgIpc) is 2.20. The molecule has 0 radical (unpaired) electrons. The van der Waals surface area contributed by atoms with E-state index in [-0.39, 0.29) is 0 Å². The SMILES string of the molecule is Cc1cc(C)c(-c2c(C)cc(C)nc2C)c(C)n1. The maximum absolute atomic E-state index is 4.59. The van der Waals surface area contributed by atoms with Crippen LogP contribution in [0, 0.1) is 41.5 Å². The molecule has 0 aliphatic carbocycles. The van der Waals surface area contributed by atoms with E-state index in [4.69, 9.17) is 0 Å². The van der Waals surface area contributed by atoms with Crippen LogP contribution in [0.15, 0.2) is 12.1 Å². The van der Waals surface area contributed by atoms with E-state index in [1.807, 2.05) is 13.8 Å². The van der Waals surface area contributed by atoms with Crippen LogP contribution >= 0.6 is 0 Å². The van der Waals surface area contributed by atoms with E-state index in [0.29, 0.717) is 0 Å². The van der Waals surface area contributed by atoms with Gasteiger partial charge in [-0.05, 0) is 64.8 Å². The molecule has 0 atom stereocenters. The van der Waals surface area contributed by atoms with Crippen molar-refractivity contribution in [2.45, 2.75) is 41.5 Å². The third-order valence-corrected chi connectivity index (χ3v) is 3.30. The van der Waals surface area contributed by atoms with Crippen LogP contribution in [0.1, 0.15) is 33.9 Å². The van der Waals surface area contributed by atoms with Crippen molar-refractivity contribution in [1.29, 1.82) is 0 Å². The third-order valence-electron chi connectivity index (χ3n) is 3.30. The lowest BCUT2D eigenvalue weighted by Gasteiger charge is -2.15. The molecular formula is C16H20N2. The van der Waals surface area contributed by atoms with E-state index in [9.17, 15) is 0 Å². The topological polar surface area (TPSA) is 25.8 Å². The first-order valence-electron chi connectivity index (χ1n) is 6.30. The van der Waals surface area contributed by atoms with Gasteiger partial charge in [-0.15, -0.1) is 0 Å². The number of hydrogen-bond acceptors (Lipinski definition) is 2. The van der Waals surface area contributed by atoms with Gasteiger partial charge in [-0.25, -0.2) is 0 Å². The van der Waals surface area contributed by atoms with Gasteiger partial charge in [0.15, 0.2) is 0 Å². The minimum atomic E-state index is 1.07. The Morgan fingerprint density at radius 2 is 0.944 bits per heavy atom. The summed E-state index contributed by atoms with van der Waals surface area (Å²) < 4.78 is 0. The summed E-state index contributed by atoms with van der Waals surface area (Å²) in [5, 5.41) is 0. The zero-order valence-electron chi connectivity index (χ0n) is 12.0. The molecule has 0 aliphatic heterocycles. The smallest absolute Gasteiger partial charge is 0.0457 e. The molecule has 0 saturated carbocycles. The van der Waals surface area contributed by atoms with Crippen molar-refractivity contribution in [1.82, 2.24) is 9.97 Å². The number of rotatable bonds is 1. The second-order valence-corrected chi connectivity index (χ2v) is 5.08. The molecular weight excluding hydrogens is 220 g/mol. The highest BCUT2D eigenvalue weighted by atomic mass is 14.7. The lowest BCUT2D eigenvalue weighted by Crippen LogP contribution is -2.00. The minimum absolute atomic E-state index is 1.07. The van der Waals surface area contributed by atoms with Crippen molar-refractivity contribution in [3.8, 4) is 11.1 Å². The molecule has 0 aromatic carbocycles. The Balaban J connectivity index is 2.78. The molecule has 0 bridgehead atoms. The second-order valence-electron chi connectivity index (χ2n) is 5.08. The van der Waals surface area contributed by atoms with Gasteiger partial charge in [-0.1, -0.05) is 0 Å². The Hall–Kier alpha value is -1.70. The summed E-state index contributed by atoms with van der Waals surface area (Å²) in [6.45, 7) is 12.5. The van der Waals surface area contributed by atoms with Crippen molar-refractivity contribution in [3.63, 3.8) is 0 Å². The lowest BCUT2D eigenvalue weighted by molar-refractivity contribution is 1.07. The Kier molecular flexibility index (Phi) is 3.20. The van der Waals surface area contributed by atoms with Crippen LogP contribution in [-0.2, 0) is 0 Å². The molecule has 0 unspecified atom stereocenters. The Labute approximate surface area is 109 Å². The fraction of sp³-hybridized carbons (Fsp3) is 0.375. The molecule has 18 heavy (non-hydrogen) atoms. The molecule has 2 nitrogen and oxygen atoms in total. The van der Waals surface area contributed by atoms with Gasteiger partial charge in [0.1, 0.15) is 0 Å². The number of pyridine rings is 2. The largest absolute Gasteiger partial charge is 0.258 e. The molecule has 0 aliphatic rings. The maximum Gasteiger partial charge on any atom is 0.0457 e. The predicted molar refractivity (Wildman–Crippen MR) is 75.9 cm³/mol. The summed E-state index contributed by atoms with van der Waals surface area (Å²) in [6, 6.07) is 4.28. The fourth-order valence-corrected chi connectivity index (χ4v) is 2.80. The van der Waals surface area contributed by atoms with Gasteiger partial charge in [0.2, 0.25) is 0 Å². The van der Waals surface area contributed by atoms with Crippen molar-refractivity contribution < 1.29 is 0 Å². The second kappa shape index (κ2) is 4.52. The molecule has 0 amide bonds. The minimum Gasteiger partial charge on any atom is -0.258 e. The molecule has 0 fully saturated rings. The standard InChI is InChI=1S/C16H20N2/c1-9-7-11(3)17-13(5)15(9)16-10(2)8-12(4)18-14(16)6/h7-8H,1-6H3. The van der Waals surface area contributed by atoms with E-state index >= 15 is 0 Å². The Morgan fingerprint density at radius 3 is 1.22 bits per heavy atom. The van der Waals surface area contributed by atoms with E-state index in [1.54, 1.807) is 0 Å². The predicted octanol–water partition coefficient (Wildman–Crippen LogP) is 3.99. The van der Waals surface area contributed by atoms with Gasteiger partial charge < -0.3 is 0 Å². The number of aryl methyl sites for hydroxylation is 6. The van der Waals surface area contributed by atoms with Crippen molar-refractivity contribution in [2.24, 2.45) is 0 Å². The first-order valence-corrected chi connectivity index (χ1v) is 6.30. The van der Waals surface area contributed by atoms with Crippen LogP contribution < -0.4 is 0 Å². The zero-order valence-corrected chi connectivity index (χ0v) is 12.0. The van der Waals surface area contributed by atoms with E-state index in [0.717, 1.165) is 22.8 Å². The molecule has 2 rings (SSSR count). The fourth-order valence-electron chi connectivity index (χ4n) is 2.80. The molecule has 94 valence electrons. The quantitative estimate of drug-likeness (QED) is 0.753. The summed E-state index contributed by atoms with van der Waals surface area (Å²) in [5.74, 6) is 0. The van der Waals surface area contributed by atoms with Crippen LogP contribution in [0.5, 0.6) is 0 Å². The Bertz CT molecular complexity index is 511. The van der Waals surface area contributed by atoms with Gasteiger partial charge >= 0.3 is 0 Å². The molecule has 0 N–H and O–H groups in total. The average molecular weight is 240 g/mol. The number of aromatic nitrogens is 2.